The first-order valence-electron chi connectivity index (χ1n) is 5.03. The zero-order chi connectivity index (χ0) is 12.1. The molecule has 1 heterocycles. The summed E-state index contributed by atoms with van der Waals surface area (Å²) in [5, 5.41) is 7.21. The molecule has 88 valence electrons. The second-order valence-electron chi connectivity index (χ2n) is 3.90. The maximum absolute atomic E-state index is 7.21. The number of hydrogen-bond donors (Lipinski definition) is 2. The van der Waals surface area contributed by atoms with Gasteiger partial charge in [-0.25, -0.2) is 9.97 Å². The van der Waals surface area contributed by atoms with E-state index in [0.717, 1.165) is 18.9 Å². The van der Waals surface area contributed by atoms with Gasteiger partial charge in [-0.2, -0.15) is 0 Å². The standard InChI is InChI=1S/C10H18N6/c1-15(2)4-5-16(3)9-7-13-8(6-14-9)10(11)12/h6-7H,4-5H2,1-3H3,(H3,11,12). The fourth-order valence-corrected chi connectivity index (χ4v) is 1.12. The molecule has 0 amide bonds. The van der Waals surface area contributed by atoms with E-state index in [2.05, 4.69) is 14.9 Å². The Hall–Kier alpha value is -1.69. The van der Waals surface area contributed by atoms with Crippen molar-refractivity contribution in [2.45, 2.75) is 0 Å². The van der Waals surface area contributed by atoms with E-state index in [1.54, 1.807) is 6.20 Å². The van der Waals surface area contributed by atoms with Gasteiger partial charge in [0.25, 0.3) is 0 Å². The molecule has 0 fully saturated rings. The number of nitrogens with zero attached hydrogens (tertiary/aromatic N) is 4. The van der Waals surface area contributed by atoms with Gasteiger partial charge in [-0.15, -0.1) is 0 Å². The Bertz CT molecular complexity index is 345. The minimum absolute atomic E-state index is 0.0602. The monoisotopic (exact) mass is 222 g/mol. The Balaban J connectivity index is 2.63. The highest BCUT2D eigenvalue weighted by atomic mass is 15.2. The number of rotatable bonds is 5. The van der Waals surface area contributed by atoms with Gasteiger partial charge >= 0.3 is 0 Å². The van der Waals surface area contributed by atoms with Crippen molar-refractivity contribution < 1.29 is 0 Å². The van der Waals surface area contributed by atoms with E-state index in [9.17, 15) is 0 Å². The smallest absolute Gasteiger partial charge is 0.146 e. The molecule has 0 aliphatic carbocycles. The van der Waals surface area contributed by atoms with E-state index in [0.29, 0.717) is 5.69 Å². The van der Waals surface area contributed by atoms with Crippen LogP contribution in [0.1, 0.15) is 5.69 Å². The Morgan fingerprint density at radius 3 is 2.38 bits per heavy atom. The summed E-state index contributed by atoms with van der Waals surface area (Å²) < 4.78 is 0. The summed E-state index contributed by atoms with van der Waals surface area (Å²) in [5.74, 6) is 0.724. The molecule has 1 aromatic heterocycles. The number of aromatic nitrogens is 2. The van der Waals surface area contributed by atoms with Gasteiger partial charge < -0.3 is 15.5 Å². The molecular weight excluding hydrogens is 204 g/mol. The first-order chi connectivity index (χ1) is 7.50. The Morgan fingerprint density at radius 1 is 1.25 bits per heavy atom. The molecule has 1 aromatic rings. The minimum Gasteiger partial charge on any atom is -0.382 e. The SMILES string of the molecule is CN(C)CCN(C)c1cnc(C(=N)N)cn1. The molecule has 0 radical (unpaired) electrons. The van der Waals surface area contributed by atoms with Crippen molar-refractivity contribution in [1.82, 2.24) is 14.9 Å². The Morgan fingerprint density at radius 2 is 1.94 bits per heavy atom. The van der Waals surface area contributed by atoms with E-state index in [4.69, 9.17) is 11.1 Å². The maximum Gasteiger partial charge on any atom is 0.146 e. The van der Waals surface area contributed by atoms with Gasteiger partial charge in [-0.1, -0.05) is 0 Å². The topological polar surface area (TPSA) is 82.1 Å². The molecule has 0 saturated carbocycles. The van der Waals surface area contributed by atoms with Gasteiger partial charge in [-0.3, -0.25) is 5.41 Å². The van der Waals surface area contributed by atoms with E-state index in [1.165, 1.54) is 6.20 Å². The van der Waals surface area contributed by atoms with Gasteiger partial charge in [-0.05, 0) is 14.1 Å². The molecule has 0 aromatic carbocycles. The van der Waals surface area contributed by atoms with Gasteiger partial charge in [0.05, 0.1) is 12.4 Å². The zero-order valence-electron chi connectivity index (χ0n) is 9.94. The summed E-state index contributed by atoms with van der Waals surface area (Å²) in [4.78, 5) is 12.4. The van der Waals surface area contributed by atoms with E-state index in [1.807, 2.05) is 26.0 Å². The van der Waals surface area contributed by atoms with Crippen LogP contribution in [0.25, 0.3) is 0 Å². The lowest BCUT2D eigenvalue weighted by Crippen LogP contribution is -2.29. The highest BCUT2D eigenvalue weighted by Crippen LogP contribution is 2.05. The third-order valence-corrected chi connectivity index (χ3v) is 2.19. The number of hydrogen-bond acceptors (Lipinski definition) is 5. The third-order valence-electron chi connectivity index (χ3n) is 2.19. The van der Waals surface area contributed by atoms with Crippen LogP contribution < -0.4 is 10.6 Å². The van der Waals surface area contributed by atoms with Crippen LogP contribution in [-0.2, 0) is 0 Å². The van der Waals surface area contributed by atoms with Crippen molar-refractivity contribution in [1.29, 1.82) is 5.41 Å². The average Bonchev–Trinajstić information content (AvgIpc) is 2.26. The molecule has 0 bridgehead atoms. The van der Waals surface area contributed by atoms with E-state index >= 15 is 0 Å². The first kappa shape index (κ1) is 12.4. The lowest BCUT2D eigenvalue weighted by Gasteiger charge is -2.20. The highest BCUT2D eigenvalue weighted by Gasteiger charge is 2.04. The summed E-state index contributed by atoms with van der Waals surface area (Å²) in [6.45, 7) is 1.83. The quantitative estimate of drug-likeness (QED) is 0.530. The van der Waals surface area contributed by atoms with Crippen molar-refractivity contribution in [3.63, 3.8) is 0 Å². The molecule has 3 N–H and O–H groups in total. The number of nitrogens with two attached hydrogens (primary N) is 1. The van der Waals surface area contributed by atoms with Gasteiger partial charge in [0, 0.05) is 20.1 Å². The van der Waals surface area contributed by atoms with E-state index in [-0.39, 0.29) is 5.84 Å². The van der Waals surface area contributed by atoms with Crippen LogP contribution >= 0.6 is 0 Å². The predicted molar refractivity (Wildman–Crippen MR) is 64.9 cm³/mol. The highest BCUT2D eigenvalue weighted by molar-refractivity contribution is 5.92. The van der Waals surface area contributed by atoms with Crippen LogP contribution in [0.4, 0.5) is 5.82 Å². The zero-order valence-corrected chi connectivity index (χ0v) is 9.94. The number of amidine groups is 1. The van der Waals surface area contributed by atoms with Crippen molar-refractivity contribution in [3.05, 3.63) is 18.1 Å². The molecule has 0 spiro atoms. The van der Waals surface area contributed by atoms with Crippen LogP contribution in [0.5, 0.6) is 0 Å². The fraction of sp³-hybridized carbons (Fsp3) is 0.500. The Kier molecular flexibility index (Phi) is 4.19. The average molecular weight is 222 g/mol. The van der Waals surface area contributed by atoms with Gasteiger partial charge in [0.1, 0.15) is 17.3 Å². The van der Waals surface area contributed by atoms with Crippen LogP contribution in [0.2, 0.25) is 0 Å². The van der Waals surface area contributed by atoms with Crippen molar-refractivity contribution >= 4 is 11.7 Å². The molecular formula is C10H18N6. The molecule has 0 saturated heterocycles. The lowest BCUT2D eigenvalue weighted by atomic mass is 10.4. The summed E-state index contributed by atoms with van der Waals surface area (Å²) in [6, 6.07) is 0. The lowest BCUT2D eigenvalue weighted by molar-refractivity contribution is 0.416. The molecule has 1 rings (SSSR count). The normalized spacial score (nSPS) is 10.5. The van der Waals surface area contributed by atoms with Crippen LogP contribution in [-0.4, -0.2) is 54.9 Å². The number of nitrogen functional groups attached to an aromatic ring is 1. The molecule has 0 unspecified atom stereocenters. The summed E-state index contributed by atoms with van der Waals surface area (Å²) in [7, 11) is 6.01. The van der Waals surface area contributed by atoms with Crippen LogP contribution in [0.15, 0.2) is 12.4 Å². The van der Waals surface area contributed by atoms with Crippen LogP contribution in [0.3, 0.4) is 0 Å². The molecule has 0 atom stereocenters. The molecule has 0 aliphatic rings. The van der Waals surface area contributed by atoms with Crippen molar-refractivity contribution in [2.75, 3.05) is 39.1 Å². The maximum atomic E-state index is 7.21. The van der Waals surface area contributed by atoms with Gasteiger partial charge in [0.15, 0.2) is 0 Å². The summed E-state index contributed by atoms with van der Waals surface area (Å²) >= 11 is 0. The number of likely N-dealkylation sites (N-methyl/N-ethyl adjacent to an activating group) is 2. The van der Waals surface area contributed by atoms with Crippen molar-refractivity contribution in [3.8, 4) is 0 Å². The second kappa shape index (κ2) is 5.41. The Labute approximate surface area is 95.6 Å². The minimum atomic E-state index is -0.0602. The summed E-state index contributed by atoms with van der Waals surface area (Å²) in [5.41, 5.74) is 5.71. The summed E-state index contributed by atoms with van der Waals surface area (Å²) in [6.07, 6.45) is 3.15. The molecule has 6 nitrogen and oxygen atoms in total. The first-order valence-corrected chi connectivity index (χ1v) is 5.03. The van der Waals surface area contributed by atoms with Gasteiger partial charge in [0.2, 0.25) is 0 Å². The van der Waals surface area contributed by atoms with Crippen LogP contribution in [0, 0.1) is 5.41 Å². The predicted octanol–water partition coefficient (Wildman–Crippen LogP) is -0.242. The number of anilines is 1. The number of nitrogens with one attached hydrogen (secondary N) is 1. The largest absolute Gasteiger partial charge is 0.382 e. The molecule has 16 heavy (non-hydrogen) atoms. The van der Waals surface area contributed by atoms with E-state index < -0.39 is 0 Å². The molecule has 6 heteroatoms. The van der Waals surface area contributed by atoms with Crippen molar-refractivity contribution in [2.24, 2.45) is 5.73 Å². The molecule has 0 aliphatic heterocycles. The fourth-order valence-electron chi connectivity index (χ4n) is 1.12. The second-order valence-corrected chi connectivity index (χ2v) is 3.90. The third kappa shape index (κ3) is 3.47.